The van der Waals surface area contributed by atoms with Crippen molar-refractivity contribution in [3.8, 4) is 5.75 Å². The Morgan fingerprint density at radius 1 is 1.31 bits per heavy atom. The molecule has 1 amide bonds. The molecule has 0 spiro atoms. The molecule has 0 heterocycles. The second kappa shape index (κ2) is 6.12. The summed E-state index contributed by atoms with van der Waals surface area (Å²) in [4.78, 5) is 15.5. The van der Waals surface area contributed by atoms with E-state index in [0.717, 1.165) is 5.75 Å². The number of hydrogen-bond donors (Lipinski definition) is 1. The molecular formula is C12H17NO3. The number of aryl methyl sites for hydroxylation is 2. The van der Waals surface area contributed by atoms with E-state index >= 15 is 0 Å². The van der Waals surface area contributed by atoms with E-state index in [2.05, 4.69) is 10.3 Å². The number of carbonyl (C=O) groups excluding carboxylic acids is 1. The van der Waals surface area contributed by atoms with E-state index in [-0.39, 0.29) is 12.3 Å². The van der Waals surface area contributed by atoms with Crippen molar-refractivity contribution in [2.45, 2.75) is 20.3 Å². The van der Waals surface area contributed by atoms with Crippen LogP contribution >= 0.6 is 0 Å². The van der Waals surface area contributed by atoms with Crippen LogP contribution in [-0.4, -0.2) is 19.6 Å². The fourth-order valence-electron chi connectivity index (χ4n) is 1.23. The number of benzene rings is 1. The van der Waals surface area contributed by atoms with Crippen LogP contribution in [0, 0.1) is 13.8 Å². The molecule has 88 valence electrons. The van der Waals surface area contributed by atoms with Gasteiger partial charge in [0, 0.05) is 0 Å². The van der Waals surface area contributed by atoms with Gasteiger partial charge in [0.25, 0.3) is 0 Å². The molecule has 0 saturated heterocycles. The molecule has 0 bridgehead atoms. The molecular weight excluding hydrogens is 206 g/mol. The molecule has 0 saturated carbocycles. The van der Waals surface area contributed by atoms with Crippen molar-refractivity contribution < 1.29 is 14.4 Å². The number of hydrogen-bond acceptors (Lipinski definition) is 3. The van der Waals surface area contributed by atoms with Crippen molar-refractivity contribution in [1.82, 2.24) is 5.48 Å². The summed E-state index contributed by atoms with van der Waals surface area (Å²) in [6.07, 6.45) is 0.279. The SMILES string of the molecule is CONC(=O)CCOc1ccc(C)c(C)c1. The van der Waals surface area contributed by atoms with Gasteiger partial charge in [-0.1, -0.05) is 6.07 Å². The molecule has 0 atom stereocenters. The summed E-state index contributed by atoms with van der Waals surface area (Å²) in [5, 5.41) is 0. The lowest BCUT2D eigenvalue weighted by molar-refractivity contribution is -0.131. The third kappa shape index (κ3) is 3.90. The molecule has 16 heavy (non-hydrogen) atoms. The van der Waals surface area contributed by atoms with Gasteiger partial charge in [0.2, 0.25) is 5.91 Å². The maximum Gasteiger partial charge on any atom is 0.246 e. The van der Waals surface area contributed by atoms with Crippen molar-refractivity contribution in [2.75, 3.05) is 13.7 Å². The Morgan fingerprint density at radius 3 is 2.69 bits per heavy atom. The van der Waals surface area contributed by atoms with E-state index in [4.69, 9.17) is 4.74 Å². The van der Waals surface area contributed by atoms with Crippen molar-refractivity contribution in [3.05, 3.63) is 29.3 Å². The lowest BCUT2D eigenvalue weighted by Gasteiger charge is -2.08. The molecule has 1 aromatic carbocycles. The van der Waals surface area contributed by atoms with Crippen LogP contribution in [0.5, 0.6) is 5.75 Å². The van der Waals surface area contributed by atoms with Crippen LogP contribution in [0.15, 0.2) is 18.2 Å². The van der Waals surface area contributed by atoms with Gasteiger partial charge in [0.15, 0.2) is 0 Å². The van der Waals surface area contributed by atoms with E-state index in [1.807, 2.05) is 32.0 Å². The Hall–Kier alpha value is -1.55. The first kappa shape index (κ1) is 12.5. The van der Waals surface area contributed by atoms with Crippen LogP contribution in [0.1, 0.15) is 17.5 Å². The number of nitrogens with one attached hydrogen (secondary N) is 1. The first-order chi connectivity index (χ1) is 7.63. The third-order valence-electron chi connectivity index (χ3n) is 2.29. The van der Waals surface area contributed by atoms with E-state index in [1.54, 1.807) is 0 Å². The summed E-state index contributed by atoms with van der Waals surface area (Å²) < 4.78 is 5.44. The molecule has 0 unspecified atom stereocenters. The summed E-state index contributed by atoms with van der Waals surface area (Å²) in [7, 11) is 1.40. The van der Waals surface area contributed by atoms with Gasteiger partial charge in [-0.2, -0.15) is 0 Å². The van der Waals surface area contributed by atoms with Crippen molar-refractivity contribution >= 4 is 5.91 Å². The van der Waals surface area contributed by atoms with Crippen molar-refractivity contribution in [2.24, 2.45) is 0 Å². The summed E-state index contributed by atoms with van der Waals surface area (Å²) >= 11 is 0. The van der Waals surface area contributed by atoms with Crippen LogP contribution in [0.4, 0.5) is 0 Å². The molecule has 0 radical (unpaired) electrons. The molecule has 0 fully saturated rings. The van der Waals surface area contributed by atoms with E-state index < -0.39 is 0 Å². The summed E-state index contributed by atoms with van der Waals surface area (Å²) in [6, 6.07) is 5.86. The Labute approximate surface area is 95.5 Å². The van der Waals surface area contributed by atoms with Gasteiger partial charge in [0.05, 0.1) is 20.1 Å². The van der Waals surface area contributed by atoms with Gasteiger partial charge < -0.3 is 4.74 Å². The second-order valence-corrected chi connectivity index (χ2v) is 3.57. The average Bonchev–Trinajstić information content (AvgIpc) is 2.24. The topological polar surface area (TPSA) is 47.6 Å². The lowest BCUT2D eigenvalue weighted by Crippen LogP contribution is -2.23. The van der Waals surface area contributed by atoms with Crippen LogP contribution in [0.3, 0.4) is 0 Å². The predicted octanol–water partition coefficient (Wildman–Crippen LogP) is 1.75. The second-order valence-electron chi connectivity index (χ2n) is 3.57. The quantitative estimate of drug-likeness (QED) is 0.774. The molecule has 4 nitrogen and oxygen atoms in total. The Bertz CT molecular complexity index is 363. The van der Waals surface area contributed by atoms with Crippen molar-refractivity contribution in [3.63, 3.8) is 0 Å². The zero-order valence-corrected chi connectivity index (χ0v) is 9.87. The maximum absolute atomic E-state index is 11.0. The van der Waals surface area contributed by atoms with Crippen LogP contribution in [0.25, 0.3) is 0 Å². The highest BCUT2D eigenvalue weighted by atomic mass is 16.6. The minimum absolute atomic E-state index is 0.189. The van der Waals surface area contributed by atoms with Crippen LogP contribution < -0.4 is 10.2 Å². The smallest absolute Gasteiger partial charge is 0.246 e. The van der Waals surface area contributed by atoms with Crippen LogP contribution in [0.2, 0.25) is 0 Å². The zero-order valence-electron chi connectivity index (χ0n) is 9.87. The molecule has 0 aromatic heterocycles. The first-order valence-corrected chi connectivity index (χ1v) is 5.15. The molecule has 1 N–H and O–H groups in total. The summed E-state index contributed by atoms with van der Waals surface area (Å²) in [5.74, 6) is 0.597. The normalized spacial score (nSPS) is 9.94. The Morgan fingerprint density at radius 2 is 2.06 bits per heavy atom. The van der Waals surface area contributed by atoms with Gasteiger partial charge in [-0.15, -0.1) is 0 Å². The predicted molar refractivity (Wildman–Crippen MR) is 61.2 cm³/mol. The lowest BCUT2D eigenvalue weighted by atomic mass is 10.1. The summed E-state index contributed by atoms with van der Waals surface area (Å²) in [5.41, 5.74) is 4.64. The van der Waals surface area contributed by atoms with Gasteiger partial charge >= 0.3 is 0 Å². The van der Waals surface area contributed by atoms with Gasteiger partial charge in [-0.05, 0) is 37.1 Å². The van der Waals surface area contributed by atoms with Crippen molar-refractivity contribution in [1.29, 1.82) is 0 Å². The zero-order chi connectivity index (χ0) is 12.0. The van der Waals surface area contributed by atoms with Gasteiger partial charge in [0.1, 0.15) is 5.75 Å². The molecule has 0 aliphatic rings. The van der Waals surface area contributed by atoms with Gasteiger partial charge in [-0.3, -0.25) is 9.63 Å². The molecule has 4 heteroatoms. The minimum atomic E-state index is -0.189. The van der Waals surface area contributed by atoms with E-state index in [1.165, 1.54) is 18.2 Å². The Balaban J connectivity index is 2.37. The molecule has 1 aromatic rings. The average molecular weight is 223 g/mol. The minimum Gasteiger partial charge on any atom is -0.493 e. The molecule has 1 rings (SSSR count). The van der Waals surface area contributed by atoms with E-state index in [0.29, 0.717) is 6.61 Å². The highest BCUT2D eigenvalue weighted by Crippen LogP contribution is 2.16. The number of rotatable bonds is 5. The third-order valence-corrected chi connectivity index (χ3v) is 2.29. The number of carbonyl (C=O) groups is 1. The highest BCUT2D eigenvalue weighted by molar-refractivity contribution is 5.74. The number of hydroxylamine groups is 1. The van der Waals surface area contributed by atoms with Crippen LogP contribution in [-0.2, 0) is 9.63 Å². The largest absolute Gasteiger partial charge is 0.493 e. The van der Waals surface area contributed by atoms with E-state index in [9.17, 15) is 4.79 Å². The Kier molecular flexibility index (Phi) is 4.79. The highest BCUT2D eigenvalue weighted by Gasteiger charge is 2.01. The summed E-state index contributed by atoms with van der Waals surface area (Å²) in [6.45, 7) is 4.42. The number of amides is 1. The first-order valence-electron chi connectivity index (χ1n) is 5.15. The monoisotopic (exact) mass is 223 g/mol. The maximum atomic E-state index is 11.0. The van der Waals surface area contributed by atoms with Gasteiger partial charge in [-0.25, -0.2) is 5.48 Å². The standard InChI is InChI=1S/C12H17NO3/c1-9-4-5-11(8-10(9)2)16-7-6-12(14)13-15-3/h4-5,8H,6-7H2,1-3H3,(H,13,14). The fraction of sp³-hybridized carbons (Fsp3) is 0.417. The molecule has 0 aliphatic heterocycles. The fourth-order valence-corrected chi connectivity index (χ4v) is 1.23. The molecule has 0 aliphatic carbocycles. The number of ether oxygens (including phenoxy) is 1.